The van der Waals surface area contributed by atoms with Crippen molar-refractivity contribution < 1.29 is 4.42 Å². The van der Waals surface area contributed by atoms with Crippen LogP contribution in [0.3, 0.4) is 0 Å². The number of nitrogens with zero attached hydrogens (tertiary/aromatic N) is 2. The van der Waals surface area contributed by atoms with Crippen LogP contribution in [0.2, 0.25) is 0 Å². The van der Waals surface area contributed by atoms with E-state index in [1.807, 2.05) is 13.3 Å². The normalized spacial score (nSPS) is 23.1. The Morgan fingerprint density at radius 3 is 3.18 bits per heavy atom. The molecule has 1 fully saturated rings. The van der Waals surface area contributed by atoms with Gasteiger partial charge in [-0.2, -0.15) is 0 Å². The number of rotatable bonds is 5. The largest absolute Gasteiger partial charge is 0.447 e. The van der Waals surface area contributed by atoms with Crippen LogP contribution in [0, 0.1) is 0 Å². The molecule has 0 aliphatic carbocycles. The molecule has 4 nitrogen and oxygen atoms in total. The van der Waals surface area contributed by atoms with Gasteiger partial charge in [0.05, 0.1) is 11.7 Å². The summed E-state index contributed by atoms with van der Waals surface area (Å²) in [6.45, 7) is 6.61. The van der Waals surface area contributed by atoms with Crippen molar-refractivity contribution in [3.8, 4) is 0 Å². The molecular formula is C13H23N3O. The van der Waals surface area contributed by atoms with E-state index in [4.69, 9.17) is 4.42 Å². The van der Waals surface area contributed by atoms with Gasteiger partial charge in [0.2, 0.25) is 5.89 Å². The van der Waals surface area contributed by atoms with Crippen molar-refractivity contribution in [2.24, 2.45) is 0 Å². The van der Waals surface area contributed by atoms with Crippen LogP contribution in [-0.4, -0.2) is 36.1 Å². The summed E-state index contributed by atoms with van der Waals surface area (Å²) in [5, 5.41) is 3.22. The molecule has 1 saturated heterocycles. The number of nitrogens with one attached hydrogen (secondary N) is 1. The highest BCUT2D eigenvalue weighted by atomic mass is 16.3. The van der Waals surface area contributed by atoms with Gasteiger partial charge < -0.3 is 9.73 Å². The molecule has 2 atom stereocenters. The number of likely N-dealkylation sites (N-methyl/N-ethyl adjacent to an activating group) is 1. The molecule has 0 radical (unpaired) electrons. The van der Waals surface area contributed by atoms with Crippen LogP contribution in [0.1, 0.15) is 44.3 Å². The summed E-state index contributed by atoms with van der Waals surface area (Å²) in [6.07, 6.45) is 5.17. The quantitative estimate of drug-likeness (QED) is 0.850. The summed E-state index contributed by atoms with van der Waals surface area (Å²) in [5.74, 6) is 0.905. The van der Waals surface area contributed by atoms with Crippen molar-refractivity contribution in [1.29, 1.82) is 0 Å². The van der Waals surface area contributed by atoms with Gasteiger partial charge in [-0.05, 0) is 39.9 Å². The van der Waals surface area contributed by atoms with Crippen LogP contribution in [0.4, 0.5) is 0 Å². The van der Waals surface area contributed by atoms with Gasteiger partial charge in [-0.25, -0.2) is 4.98 Å². The highest BCUT2D eigenvalue weighted by Gasteiger charge is 2.28. The predicted molar refractivity (Wildman–Crippen MR) is 68.0 cm³/mol. The summed E-state index contributed by atoms with van der Waals surface area (Å²) in [5.41, 5.74) is 1.06. The Hall–Kier alpha value is -0.870. The second-order valence-electron chi connectivity index (χ2n) is 4.86. The van der Waals surface area contributed by atoms with E-state index in [-0.39, 0.29) is 0 Å². The number of oxazole rings is 1. The third-order valence-corrected chi connectivity index (χ3v) is 3.63. The van der Waals surface area contributed by atoms with E-state index >= 15 is 0 Å². The zero-order valence-corrected chi connectivity index (χ0v) is 11.1. The lowest BCUT2D eigenvalue weighted by atomic mass is 10.2. The minimum Gasteiger partial charge on any atom is -0.447 e. The third-order valence-electron chi connectivity index (χ3n) is 3.63. The van der Waals surface area contributed by atoms with Gasteiger partial charge in [-0.1, -0.05) is 6.92 Å². The van der Waals surface area contributed by atoms with Crippen LogP contribution >= 0.6 is 0 Å². The molecule has 4 heteroatoms. The standard InChI is InChI=1S/C13H23N3O/c1-4-16-7-5-6-12(16)13-15-11(9-17-13)8-10(2)14-3/h9-10,12,14H,4-8H2,1-3H3. The molecule has 0 bridgehead atoms. The predicted octanol–water partition coefficient (Wildman–Crippen LogP) is 1.98. The Bertz CT molecular complexity index is 350. The first-order valence-electron chi connectivity index (χ1n) is 6.60. The Balaban J connectivity index is 2.02. The van der Waals surface area contributed by atoms with Gasteiger partial charge in [-0.3, -0.25) is 4.90 Å². The molecule has 0 aromatic carbocycles. The lowest BCUT2D eigenvalue weighted by Crippen LogP contribution is -2.24. The van der Waals surface area contributed by atoms with Crippen molar-refractivity contribution >= 4 is 0 Å². The van der Waals surface area contributed by atoms with Crippen molar-refractivity contribution in [2.75, 3.05) is 20.1 Å². The first-order chi connectivity index (χ1) is 8.24. The number of hydrogen-bond acceptors (Lipinski definition) is 4. The topological polar surface area (TPSA) is 41.3 Å². The molecule has 0 spiro atoms. The summed E-state index contributed by atoms with van der Waals surface area (Å²) in [7, 11) is 1.97. The van der Waals surface area contributed by atoms with Crippen molar-refractivity contribution in [1.82, 2.24) is 15.2 Å². The zero-order chi connectivity index (χ0) is 12.3. The van der Waals surface area contributed by atoms with Crippen LogP contribution in [0.15, 0.2) is 10.7 Å². The molecular weight excluding hydrogens is 214 g/mol. The van der Waals surface area contributed by atoms with Gasteiger partial charge >= 0.3 is 0 Å². The second kappa shape index (κ2) is 5.65. The highest BCUT2D eigenvalue weighted by molar-refractivity contribution is 5.03. The first-order valence-corrected chi connectivity index (χ1v) is 6.60. The molecule has 1 aliphatic rings. The van der Waals surface area contributed by atoms with Gasteiger partial charge in [0.25, 0.3) is 0 Å². The van der Waals surface area contributed by atoms with E-state index in [1.54, 1.807) is 0 Å². The maximum atomic E-state index is 5.65. The van der Waals surface area contributed by atoms with Crippen LogP contribution < -0.4 is 5.32 Å². The van der Waals surface area contributed by atoms with Crippen molar-refractivity contribution in [3.63, 3.8) is 0 Å². The molecule has 2 unspecified atom stereocenters. The van der Waals surface area contributed by atoms with E-state index in [2.05, 4.69) is 29.0 Å². The fraction of sp³-hybridized carbons (Fsp3) is 0.769. The minimum absolute atomic E-state index is 0.402. The average molecular weight is 237 g/mol. The molecule has 96 valence electrons. The molecule has 0 amide bonds. The smallest absolute Gasteiger partial charge is 0.211 e. The molecule has 1 N–H and O–H groups in total. The van der Waals surface area contributed by atoms with Crippen LogP contribution in [0.5, 0.6) is 0 Å². The maximum Gasteiger partial charge on any atom is 0.211 e. The van der Waals surface area contributed by atoms with Crippen molar-refractivity contribution in [2.45, 2.75) is 45.2 Å². The summed E-state index contributed by atoms with van der Waals surface area (Å²) in [6, 6.07) is 0.845. The summed E-state index contributed by atoms with van der Waals surface area (Å²) < 4.78 is 5.65. The van der Waals surface area contributed by atoms with E-state index in [0.29, 0.717) is 12.1 Å². The Morgan fingerprint density at radius 1 is 1.65 bits per heavy atom. The van der Waals surface area contributed by atoms with Crippen molar-refractivity contribution in [3.05, 3.63) is 17.8 Å². The van der Waals surface area contributed by atoms with Crippen LogP contribution in [-0.2, 0) is 6.42 Å². The average Bonchev–Trinajstić information content (AvgIpc) is 2.95. The molecule has 0 saturated carbocycles. The Labute approximate surface area is 103 Å². The van der Waals surface area contributed by atoms with Gasteiger partial charge in [0.15, 0.2) is 0 Å². The van der Waals surface area contributed by atoms with E-state index in [9.17, 15) is 0 Å². The first kappa shape index (κ1) is 12.6. The zero-order valence-electron chi connectivity index (χ0n) is 11.1. The second-order valence-corrected chi connectivity index (χ2v) is 4.86. The SMILES string of the molecule is CCN1CCCC1c1nc(CC(C)NC)co1. The summed E-state index contributed by atoms with van der Waals surface area (Å²) in [4.78, 5) is 7.07. The van der Waals surface area contributed by atoms with Gasteiger partial charge in [0.1, 0.15) is 6.26 Å². The highest BCUT2D eigenvalue weighted by Crippen LogP contribution is 2.30. The third kappa shape index (κ3) is 2.87. The summed E-state index contributed by atoms with van der Waals surface area (Å²) >= 11 is 0. The lowest BCUT2D eigenvalue weighted by Gasteiger charge is -2.19. The van der Waals surface area contributed by atoms with E-state index in [0.717, 1.165) is 24.6 Å². The lowest BCUT2D eigenvalue weighted by molar-refractivity contribution is 0.233. The Kier molecular flexibility index (Phi) is 4.18. The fourth-order valence-electron chi connectivity index (χ4n) is 2.47. The number of likely N-dealkylation sites (tertiary alicyclic amines) is 1. The monoisotopic (exact) mass is 237 g/mol. The molecule has 1 aromatic heterocycles. The molecule has 1 aromatic rings. The minimum atomic E-state index is 0.402. The van der Waals surface area contributed by atoms with Crippen LogP contribution in [0.25, 0.3) is 0 Å². The van der Waals surface area contributed by atoms with E-state index in [1.165, 1.54) is 19.4 Å². The molecule has 2 heterocycles. The molecule has 1 aliphatic heterocycles. The Morgan fingerprint density at radius 2 is 2.47 bits per heavy atom. The number of hydrogen-bond donors (Lipinski definition) is 1. The van der Waals surface area contributed by atoms with Gasteiger partial charge in [0, 0.05) is 12.5 Å². The number of aromatic nitrogens is 1. The fourth-order valence-corrected chi connectivity index (χ4v) is 2.47. The molecule has 17 heavy (non-hydrogen) atoms. The van der Waals surface area contributed by atoms with E-state index < -0.39 is 0 Å². The molecule has 2 rings (SSSR count). The van der Waals surface area contributed by atoms with Gasteiger partial charge in [-0.15, -0.1) is 0 Å². The maximum absolute atomic E-state index is 5.65.